The molecule has 5 heteroatoms. The van der Waals surface area contributed by atoms with Crippen LogP contribution in [0.15, 0.2) is 36.0 Å². The number of rotatable bonds is 4. The van der Waals surface area contributed by atoms with Crippen LogP contribution in [0.5, 0.6) is 0 Å². The molecule has 0 N–H and O–H groups in total. The van der Waals surface area contributed by atoms with Crippen molar-refractivity contribution in [3.63, 3.8) is 0 Å². The van der Waals surface area contributed by atoms with Gasteiger partial charge in [-0.3, -0.25) is 0 Å². The van der Waals surface area contributed by atoms with Gasteiger partial charge in [0.05, 0.1) is 6.54 Å². The molecule has 1 aromatic carbocycles. The average Bonchev–Trinajstić information content (AvgIpc) is 2.78. The summed E-state index contributed by atoms with van der Waals surface area (Å²) >= 11 is 1.49. The van der Waals surface area contributed by atoms with Gasteiger partial charge in [-0.2, -0.15) is 4.80 Å². The first-order valence-electron chi connectivity index (χ1n) is 4.85. The number of hydrogen-bond donors (Lipinski definition) is 0. The lowest BCUT2D eigenvalue weighted by Gasteiger charge is -1.99. The predicted octanol–water partition coefficient (Wildman–Crippen LogP) is 2.09. The Morgan fingerprint density at radius 2 is 2.12 bits per heavy atom. The van der Waals surface area contributed by atoms with E-state index in [1.165, 1.54) is 11.8 Å². The van der Waals surface area contributed by atoms with Crippen LogP contribution >= 0.6 is 11.8 Å². The number of nitrogens with zero attached hydrogens (tertiary/aromatic N) is 4. The smallest absolute Gasteiger partial charge is 0.159 e. The second kappa shape index (κ2) is 4.94. The van der Waals surface area contributed by atoms with Gasteiger partial charge in [-0.05, 0) is 22.6 Å². The molecule has 0 aliphatic heterocycles. The molecule has 0 saturated heterocycles. The van der Waals surface area contributed by atoms with Gasteiger partial charge in [0, 0.05) is 0 Å². The molecule has 0 radical (unpaired) electrons. The summed E-state index contributed by atoms with van der Waals surface area (Å²) in [7, 11) is 0. The van der Waals surface area contributed by atoms with E-state index in [4.69, 9.17) is 0 Å². The van der Waals surface area contributed by atoms with Crippen molar-refractivity contribution in [3.05, 3.63) is 42.0 Å². The van der Waals surface area contributed by atoms with Crippen molar-refractivity contribution >= 4 is 17.8 Å². The van der Waals surface area contributed by atoms with Crippen LogP contribution in [0.1, 0.15) is 11.1 Å². The van der Waals surface area contributed by atoms with E-state index in [-0.39, 0.29) is 0 Å². The Morgan fingerprint density at radius 3 is 2.69 bits per heavy atom. The maximum absolute atomic E-state index is 4.20. The van der Waals surface area contributed by atoms with E-state index in [1.807, 2.05) is 36.6 Å². The summed E-state index contributed by atoms with van der Waals surface area (Å²) in [5, 5.41) is 12.8. The third-order valence-electron chi connectivity index (χ3n) is 2.16. The molecular formula is C11H12N4S. The topological polar surface area (TPSA) is 43.6 Å². The number of hydrogen-bond acceptors (Lipinski definition) is 4. The molecule has 0 bridgehead atoms. The molecule has 1 heterocycles. The van der Waals surface area contributed by atoms with Gasteiger partial charge >= 0.3 is 0 Å². The van der Waals surface area contributed by atoms with Crippen molar-refractivity contribution in [2.45, 2.75) is 11.7 Å². The van der Waals surface area contributed by atoms with Crippen LogP contribution in [-0.4, -0.2) is 26.5 Å². The molecule has 0 unspecified atom stereocenters. The standard InChI is InChI=1S/C11H12N4S/c1-3-9-4-6-10(7-5-9)8-15-13-11(16-2)12-14-15/h3-7H,1,8H2,2H3. The lowest BCUT2D eigenvalue weighted by atomic mass is 10.1. The fraction of sp³-hybridized carbons (Fsp3) is 0.182. The van der Waals surface area contributed by atoms with Crippen molar-refractivity contribution in [1.82, 2.24) is 20.2 Å². The van der Waals surface area contributed by atoms with Crippen molar-refractivity contribution in [3.8, 4) is 0 Å². The first kappa shape index (κ1) is 10.9. The van der Waals surface area contributed by atoms with Crippen molar-refractivity contribution < 1.29 is 0 Å². The molecule has 0 saturated carbocycles. The van der Waals surface area contributed by atoms with Crippen LogP contribution in [0.3, 0.4) is 0 Å². The predicted molar refractivity (Wildman–Crippen MR) is 65.2 cm³/mol. The van der Waals surface area contributed by atoms with Crippen LogP contribution in [0, 0.1) is 0 Å². The monoisotopic (exact) mass is 232 g/mol. The lowest BCUT2D eigenvalue weighted by molar-refractivity contribution is 0.569. The molecule has 0 aliphatic carbocycles. The van der Waals surface area contributed by atoms with Crippen LogP contribution in [0.25, 0.3) is 6.08 Å². The van der Waals surface area contributed by atoms with Gasteiger partial charge in [0.1, 0.15) is 0 Å². The molecule has 16 heavy (non-hydrogen) atoms. The van der Waals surface area contributed by atoms with Gasteiger partial charge in [0.25, 0.3) is 0 Å². The summed E-state index contributed by atoms with van der Waals surface area (Å²) in [6.45, 7) is 4.36. The first-order valence-corrected chi connectivity index (χ1v) is 6.07. The Balaban J connectivity index is 2.10. The van der Waals surface area contributed by atoms with Crippen molar-refractivity contribution in [2.24, 2.45) is 0 Å². The fourth-order valence-electron chi connectivity index (χ4n) is 1.30. The normalized spacial score (nSPS) is 10.3. The van der Waals surface area contributed by atoms with Crippen LogP contribution in [-0.2, 0) is 6.54 Å². The Labute approximate surface area is 98.4 Å². The summed E-state index contributed by atoms with van der Waals surface area (Å²) in [4.78, 5) is 1.59. The van der Waals surface area contributed by atoms with Crippen LogP contribution < -0.4 is 0 Å². The number of benzene rings is 1. The second-order valence-electron chi connectivity index (χ2n) is 3.25. The molecule has 0 fully saturated rings. The molecule has 82 valence electrons. The van der Waals surface area contributed by atoms with E-state index >= 15 is 0 Å². The Bertz CT molecular complexity index is 475. The lowest BCUT2D eigenvalue weighted by Crippen LogP contribution is -2.03. The maximum atomic E-state index is 4.20. The molecule has 2 rings (SSSR count). The minimum absolute atomic E-state index is 0.644. The zero-order valence-electron chi connectivity index (χ0n) is 9.00. The van der Waals surface area contributed by atoms with E-state index in [0.29, 0.717) is 11.7 Å². The van der Waals surface area contributed by atoms with Crippen LogP contribution in [0.4, 0.5) is 0 Å². The highest BCUT2D eigenvalue weighted by molar-refractivity contribution is 7.98. The third-order valence-corrected chi connectivity index (χ3v) is 2.68. The third kappa shape index (κ3) is 2.49. The highest BCUT2D eigenvalue weighted by Gasteiger charge is 2.01. The summed E-state index contributed by atoms with van der Waals surface area (Å²) in [5.41, 5.74) is 2.26. The zero-order chi connectivity index (χ0) is 11.4. The van der Waals surface area contributed by atoms with Crippen molar-refractivity contribution in [1.29, 1.82) is 0 Å². The van der Waals surface area contributed by atoms with Gasteiger partial charge in [0.2, 0.25) is 5.16 Å². The Hall–Kier alpha value is -1.62. The van der Waals surface area contributed by atoms with Gasteiger partial charge in [-0.25, -0.2) is 0 Å². The summed E-state index contributed by atoms with van der Waals surface area (Å²) in [6.07, 6.45) is 3.75. The second-order valence-corrected chi connectivity index (χ2v) is 4.03. The summed E-state index contributed by atoms with van der Waals surface area (Å²) in [5.74, 6) is 0. The summed E-state index contributed by atoms with van der Waals surface area (Å²) < 4.78 is 0. The van der Waals surface area contributed by atoms with E-state index in [1.54, 1.807) is 4.80 Å². The Kier molecular flexibility index (Phi) is 3.36. The largest absolute Gasteiger partial charge is 0.230 e. The minimum Gasteiger partial charge on any atom is -0.159 e. The molecule has 0 spiro atoms. The quantitative estimate of drug-likeness (QED) is 0.757. The molecule has 0 amide bonds. The fourth-order valence-corrected chi connectivity index (χ4v) is 1.59. The van der Waals surface area contributed by atoms with Gasteiger partial charge < -0.3 is 0 Å². The molecule has 2 aromatic rings. The van der Waals surface area contributed by atoms with E-state index < -0.39 is 0 Å². The zero-order valence-corrected chi connectivity index (χ0v) is 9.81. The number of aromatic nitrogens is 4. The minimum atomic E-state index is 0.644. The van der Waals surface area contributed by atoms with E-state index in [9.17, 15) is 0 Å². The summed E-state index contributed by atoms with van der Waals surface area (Å²) in [6, 6.07) is 8.13. The molecule has 0 atom stereocenters. The van der Waals surface area contributed by atoms with Gasteiger partial charge in [0.15, 0.2) is 0 Å². The molecule has 1 aromatic heterocycles. The van der Waals surface area contributed by atoms with Crippen molar-refractivity contribution in [2.75, 3.05) is 6.26 Å². The highest BCUT2D eigenvalue weighted by Crippen LogP contribution is 2.08. The number of tetrazole rings is 1. The molecule has 0 aliphatic rings. The number of thioether (sulfide) groups is 1. The maximum Gasteiger partial charge on any atom is 0.230 e. The SMILES string of the molecule is C=Cc1ccc(Cn2nnc(SC)n2)cc1. The first-order chi connectivity index (χ1) is 7.81. The average molecular weight is 232 g/mol. The molecular weight excluding hydrogens is 220 g/mol. The highest BCUT2D eigenvalue weighted by atomic mass is 32.2. The van der Waals surface area contributed by atoms with Gasteiger partial charge in [-0.1, -0.05) is 48.7 Å². The van der Waals surface area contributed by atoms with E-state index in [0.717, 1.165) is 11.1 Å². The van der Waals surface area contributed by atoms with Crippen LogP contribution in [0.2, 0.25) is 0 Å². The van der Waals surface area contributed by atoms with Gasteiger partial charge in [-0.15, -0.1) is 10.2 Å². The Morgan fingerprint density at radius 1 is 1.38 bits per heavy atom. The molecule has 4 nitrogen and oxygen atoms in total. The van der Waals surface area contributed by atoms with E-state index in [2.05, 4.69) is 22.0 Å².